The fourth-order valence-corrected chi connectivity index (χ4v) is 4.26. The summed E-state index contributed by atoms with van der Waals surface area (Å²) >= 11 is 0. The van der Waals surface area contributed by atoms with Crippen molar-refractivity contribution in [1.82, 2.24) is 10.0 Å². The average Bonchev–Trinajstić information content (AvgIpc) is 3.56. The fraction of sp³-hybridized carbons (Fsp3) is 0.391. The molecule has 3 rings (SSSR count). The van der Waals surface area contributed by atoms with Crippen molar-refractivity contribution >= 4 is 21.9 Å². The smallest absolute Gasteiger partial charge is 0.308 e. The molecule has 1 fully saturated rings. The molecule has 1 unspecified atom stereocenters. The average molecular weight is 445 g/mol. The second-order valence-electron chi connectivity index (χ2n) is 8.00. The Balaban J connectivity index is 1.75. The minimum Gasteiger partial charge on any atom is -0.463 e. The Kier molecular flexibility index (Phi) is 7.46. The van der Waals surface area contributed by atoms with Gasteiger partial charge < -0.3 is 10.1 Å². The van der Waals surface area contributed by atoms with Crippen LogP contribution in [0.1, 0.15) is 55.1 Å². The maximum absolute atomic E-state index is 12.9. The molecule has 0 aliphatic heterocycles. The zero-order chi connectivity index (χ0) is 22.4. The van der Waals surface area contributed by atoms with Crippen molar-refractivity contribution < 1.29 is 22.7 Å². The SMILES string of the molecule is CC(C)OC(=O)CC(NC(=O)c1cccc(S(=O)(=O)NCC2CC2)c1)c1ccccc1. The van der Waals surface area contributed by atoms with Gasteiger partial charge in [0, 0.05) is 12.1 Å². The van der Waals surface area contributed by atoms with Gasteiger partial charge in [-0.3, -0.25) is 9.59 Å². The molecule has 2 aromatic rings. The number of hydrogen-bond acceptors (Lipinski definition) is 5. The monoisotopic (exact) mass is 444 g/mol. The third kappa shape index (κ3) is 6.90. The van der Waals surface area contributed by atoms with Crippen LogP contribution in [0, 0.1) is 5.92 Å². The molecule has 0 heterocycles. The highest BCUT2D eigenvalue weighted by atomic mass is 32.2. The Hall–Kier alpha value is -2.71. The number of esters is 1. The molecule has 1 aliphatic carbocycles. The molecule has 0 radical (unpaired) electrons. The maximum atomic E-state index is 12.9. The van der Waals surface area contributed by atoms with Gasteiger partial charge >= 0.3 is 5.97 Å². The zero-order valence-electron chi connectivity index (χ0n) is 17.7. The van der Waals surface area contributed by atoms with E-state index < -0.39 is 27.9 Å². The number of hydrogen-bond donors (Lipinski definition) is 2. The van der Waals surface area contributed by atoms with Crippen molar-refractivity contribution in [2.45, 2.75) is 50.2 Å². The number of rotatable bonds is 10. The van der Waals surface area contributed by atoms with Crippen LogP contribution in [-0.4, -0.2) is 32.9 Å². The largest absolute Gasteiger partial charge is 0.463 e. The summed E-state index contributed by atoms with van der Waals surface area (Å²) in [5.41, 5.74) is 0.957. The first-order valence-electron chi connectivity index (χ1n) is 10.4. The molecular weight excluding hydrogens is 416 g/mol. The van der Waals surface area contributed by atoms with Gasteiger partial charge in [-0.25, -0.2) is 13.1 Å². The lowest BCUT2D eigenvalue weighted by Gasteiger charge is -2.19. The Morgan fingerprint density at radius 2 is 1.77 bits per heavy atom. The molecular formula is C23H28N2O5S. The van der Waals surface area contributed by atoms with Gasteiger partial charge in [0.15, 0.2) is 0 Å². The Morgan fingerprint density at radius 3 is 2.42 bits per heavy atom. The van der Waals surface area contributed by atoms with Gasteiger partial charge in [0.2, 0.25) is 10.0 Å². The van der Waals surface area contributed by atoms with Gasteiger partial charge in [0.05, 0.1) is 23.5 Å². The van der Waals surface area contributed by atoms with E-state index in [0.717, 1.165) is 18.4 Å². The molecule has 7 nitrogen and oxygen atoms in total. The van der Waals surface area contributed by atoms with Crippen LogP contribution in [0.4, 0.5) is 0 Å². The van der Waals surface area contributed by atoms with Gasteiger partial charge in [-0.2, -0.15) is 0 Å². The highest BCUT2D eigenvalue weighted by Gasteiger charge is 2.25. The predicted molar refractivity (Wildman–Crippen MR) is 117 cm³/mol. The lowest BCUT2D eigenvalue weighted by atomic mass is 10.0. The summed E-state index contributed by atoms with van der Waals surface area (Å²) in [5.74, 6) is -0.492. The molecule has 0 aromatic heterocycles. The minimum atomic E-state index is -3.69. The number of carbonyl (C=O) groups is 2. The van der Waals surface area contributed by atoms with E-state index in [0.29, 0.717) is 12.5 Å². The third-order valence-electron chi connectivity index (χ3n) is 4.91. The molecule has 166 valence electrons. The third-order valence-corrected chi connectivity index (χ3v) is 6.33. The summed E-state index contributed by atoms with van der Waals surface area (Å²) in [5, 5.41) is 2.84. The number of ether oxygens (including phenoxy) is 1. The molecule has 31 heavy (non-hydrogen) atoms. The molecule has 2 aromatic carbocycles. The van der Waals surface area contributed by atoms with Crippen LogP contribution in [0.2, 0.25) is 0 Å². The Morgan fingerprint density at radius 1 is 1.06 bits per heavy atom. The molecule has 8 heteroatoms. The van der Waals surface area contributed by atoms with Crippen molar-refractivity contribution in [3.63, 3.8) is 0 Å². The summed E-state index contributed by atoms with van der Waals surface area (Å²) in [6.45, 7) is 3.93. The summed E-state index contributed by atoms with van der Waals surface area (Å²) < 4.78 is 32.9. The normalized spacial score (nSPS) is 14.8. The molecule has 1 atom stereocenters. The molecule has 0 bridgehead atoms. The van der Waals surface area contributed by atoms with Crippen molar-refractivity contribution in [2.75, 3.05) is 6.54 Å². The fourth-order valence-electron chi connectivity index (χ4n) is 3.09. The van der Waals surface area contributed by atoms with Crippen molar-refractivity contribution in [1.29, 1.82) is 0 Å². The van der Waals surface area contributed by atoms with Crippen LogP contribution in [0.3, 0.4) is 0 Å². The van der Waals surface area contributed by atoms with E-state index >= 15 is 0 Å². The number of sulfonamides is 1. The van der Waals surface area contributed by atoms with Crippen LogP contribution in [0.15, 0.2) is 59.5 Å². The standard InChI is InChI=1S/C23H28N2O5S/c1-16(2)30-22(26)14-21(18-7-4-3-5-8-18)25-23(27)19-9-6-10-20(13-19)31(28,29)24-15-17-11-12-17/h3-10,13,16-17,21,24H,11-12,14-15H2,1-2H3,(H,25,27). The van der Waals surface area contributed by atoms with Gasteiger partial charge in [-0.05, 0) is 56.4 Å². The quantitative estimate of drug-likeness (QED) is 0.548. The van der Waals surface area contributed by atoms with Gasteiger partial charge in [-0.1, -0.05) is 36.4 Å². The summed E-state index contributed by atoms with van der Waals surface area (Å²) in [7, 11) is -3.69. The van der Waals surface area contributed by atoms with E-state index in [-0.39, 0.29) is 23.0 Å². The van der Waals surface area contributed by atoms with Crippen LogP contribution < -0.4 is 10.0 Å². The van der Waals surface area contributed by atoms with Gasteiger partial charge in [0.25, 0.3) is 5.91 Å². The second-order valence-corrected chi connectivity index (χ2v) is 9.77. The predicted octanol–water partition coefficient (Wildman–Crippen LogP) is 3.19. The van der Waals surface area contributed by atoms with E-state index in [1.165, 1.54) is 18.2 Å². The maximum Gasteiger partial charge on any atom is 0.308 e. The Bertz CT molecular complexity index is 1020. The van der Waals surface area contributed by atoms with Crippen LogP contribution in [0.25, 0.3) is 0 Å². The van der Waals surface area contributed by atoms with Crippen molar-refractivity contribution in [2.24, 2.45) is 5.92 Å². The minimum absolute atomic E-state index is 0.0329. The first kappa shape index (κ1) is 23.0. The highest BCUT2D eigenvalue weighted by molar-refractivity contribution is 7.89. The second kappa shape index (κ2) is 10.1. The van der Waals surface area contributed by atoms with Crippen LogP contribution in [0.5, 0.6) is 0 Å². The molecule has 2 N–H and O–H groups in total. The Labute approximate surface area is 183 Å². The zero-order valence-corrected chi connectivity index (χ0v) is 18.5. The lowest BCUT2D eigenvalue weighted by Crippen LogP contribution is -2.31. The van der Waals surface area contributed by atoms with E-state index in [1.54, 1.807) is 19.9 Å². The molecule has 1 aliphatic rings. The molecule has 0 spiro atoms. The molecule has 1 saturated carbocycles. The van der Waals surface area contributed by atoms with Crippen LogP contribution in [-0.2, 0) is 19.6 Å². The number of nitrogens with one attached hydrogen (secondary N) is 2. The molecule has 1 amide bonds. The highest BCUT2D eigenvalue weighted by Crippen LogP contribution is 2.28. The van der Waals surface area contributed by atoms with Gasteiger partial charge in [-0.15, -0.1) is 0 Å². The van der Waals surface area contributed by atoms with Crippen molar-refractivity contribution in [3.8, 4) is 0 Å². The number of carbonyl (C=O) groups excluding carboxylic acids is 2. The first-order chi connectivity index (χ1) is 14.7. The topological polar surface area (TPSA) is 102 Å². The van der Waals surface area contributed by atoms with E-state index in [1.807, 2.05) is 30.3 Å². The van der Waals surface area contributed by atoms with Gasteiger partial charge in [0.1, 0.15) is 0 Å². The van der Waals surface area contributed by atoms with E-state index in [2.05, 4.69) is 10.0 Å². The van der Waals surface area contributed by atoms with Crippen molar-refractivity contribution in [3.05, 3.63) is 65.7 Å². The first-order valence-corrected chi connectivity index (χ1v) is 11.9. The molecule has 0 saturated heterocycles. The van der Waals surface area contributed by atoms with E-state index in [9.17, 15) is 18.0 Å². The summed E-state index contributed by atoms with van der Waals surface area (Å²) in [6.07, 6.45) is 1.77. The lowest BCUT2D eigenvalue weighted by molar-refractivity contribution is -0.147. The van der Waals surface area contributed by atoms with Crippen LogP contribution >= 0.6 is 0 Å². The van der Waals surface area contributed by atoms with E-state index in [4.69, 9.17) is 4.74 Å². The summed E-state index contributed by atoms with van der Waals surface area (Å²) in [6, 6.07) is 14.4. The number of benzene rings is 2. The summed E-state index contributed by atoms with van der Waals surface area (Å²) in [4.78, 5) is 25.2. The number of amides is 1.